The summed E-state index contributed by atoms with van der Waals surface area (Å²) in [6.45, 7) is 4.31. The van der Waals surface area contributed by atoms with Crippen molar-refractivity contribution in [1.82, 2.24) is 0 Å². The molecular weight excluding hydrogens is 196 g/mol. The second-order valence-electron chi connectivity index (χ2n) is 5.05. The fourth-order valence-corrected chi connectivity index (χ4v) is 2.46. The molecule has 2 rings (SSSR count). The highest BCUT2D eigenvalue weighted by Crippen LogP contribution is 2.33. The molecule has 0 saturated heterocycles. The summed E-state index contributed by atoms with van der Waals surface area (Å²) >= 11 is 0. The van der Waals surface area contributed by atoms with Gasteiger partial charge in [-0.3, -0.25) is 0 Å². The first-order valence-electron chi connectivity index (χ1n) is 5.92. The van der Waals surface area contributed by atoms with Crippen LogP contribution in [0.4, 0.5) is 5.69 Å². The second-order valence-corrected chi connectivity index (χ2v) is 5.05. The Balaban J connectivity index is 2.26. The summed E-state index contributed by atoms with van der Waals surface area (Å²) in [5, 5.41) is 12.6. The highest BCUT2D eigenvalue weighted by molar-refractivity contribution is 5.60. The van der Waals surface area contributed by atoms with Crippen molar-refractivity contribution in [2.24, 2.45) is 0 Å². The van der Waals surface area contributed by atoms with Gasteiger partial charge in [0.25, 0.3) is 0 Å². The van der Waals surface area contributed by atoms with Gasteiger partial charge >= 0.3 is 0 Å². The van der Waals surface area contributed by atoms with E-state index in [1.54, 1.807) is 0 Å². The largest absolute Gasteiger partial charge is 0.379 e. The van der Waals surface area contributed by atoms with Crippen molar-refractivity contribution in [3.8, 4) is 6.07 Å². The van der Waals surface area contributed by atoms with Gasteiger partial charge in [0.05, 0.1) is 11.3 Å². The summed E-state index contributed by atoms with van der Waals surface area (Å²) in [6.07, 6.45) is 4.98. The van der Waals surface area contributed by atoms with E-state index in [9.17, 15) is 0 Å². The van der Waals surface area contributed by atoms with Gasteiger partial charge in [-0.25, -0.2) is 0 Å². The Labute approximate surface area is 97.3 Å². The molecule has 1 aromatic carbocycles. The number of nitrogens with zero attached hydrogens (tertiary/aromatic N) is 1. The van der Waals surface area contributed by atoms with Gasteiger partial charge in [0.1, 0.15) is 6.07 Å². The van der Waals surface area contributed by atoms with Crippen molar-refractivity contribution in [1.29, 1.82) is 5.26 Å². The van der Waals surface area contributed by atoms with E-state index in [0.29, 0.717) is 0 Å². The van der Waals surface area contributed by atoms with Crippen molar-refractivity contribution < 1.29 is 0 Å². The monoisotopic (exact) mass is 214 g/mol. The molecule has 16 heavy (non-hydrogen) atoms. The highest BCUT2D eigenvalue weighted by atomic mass is 15.0. The molecule has 0 aliphatic heterocycles. The van der Waals surface area contributed by atoms with Crippen LogP contribution in [0.15, 0.2) is 18.2 Å². The standard InChI is InChI=1S/C14H18N2/c1-11-5-6-12(10-15)13(9-11)16-14(2)7-3-4-8-14/h5-6,9,16H,3-4,7-8H2,1-2H3. The molecule has 1 saturated carbocycles. The lowest BCUT2D eigenvalue weighted by Crippen LogP contribution is -2.31. The molecule has 1 aliphatic rings. The van der Waals surface area contributed by atoms with E-state index in [1.807, 2.05) is 12.1 Å². The molecule has 0 bridgehead atoms. The van der Waals surface area contributed by atoms with E-state index in [-0.39, 0.29) is 5.54 Å². The normalized spacial score (nSPS) is 18.1. The smallest absolute Gasteiger partial charge is 0.101 e. The van der Waals surface area contributed by atoms with Gasteiger partial charge in [-0.15, -0.1) is 0 Å². The average Bonchev–Trinajstić information content (AvgIpc) is 2.65. The fourth-order valence-electron chi connectivity index (χ4n) is 2.46. The number of aryl methyl sites for hydroxylation is 1. The predicted octanol–water partition coefficient (Wildman–Crippen LogP) is 3.61. The molecule has 0 atom stereocenters. The summed E-state index contributed by atoms with van der Waals surface area (Å²) in [6, 6.07) is 8.21. The maximum absolute atomic E-state index is 9.08. The molecule has 2 nitrogen and oxygen atoms in total. The van der Waals surface area contributed by atoms with Crippen molar-refractivity contribution in [2.45, 2.75) is 45.1 Å². The summed E-state index contributed by atoms with van der Waals surface area (Å²) in [7, 11) is 0. The van der Waals surface area contributed by atoms with Gasteiger partial charge in [-0.05, 0) is 44.4 Å². The number of benzene rings is 1. The molecule has 2 heteroatoms. The van der Waals surface area contributed by atoms with Crippen LogP contribution in [0.2, 0.25) is 0 Å². The zero-order valence-electron chi connectivity index (χ0n) is 10.0. The van der Waals surface area contributed by atoms with E-state index in [2.05, 4.69) is 31.3 Å². The Kier molecular flexibility index (Phi) is 2.87. The lowest BCUT2D eigenvalue weighted by atomic mass is 9.99. The number of hydrogen-bond acceptors (Lipinski definition) is 2. The first-order chi connectivity index (χ1) is 7.63. The van der Waals surface area contributed by atoms with Crippen molar-refractivity contribution in [2.75, 3.05) is 5.32 Å². The lowest BCUT2D eigenvalue weighted by Gasteiger charge is -2.27. The fraction of sp³-hybridized carbons (Fsp3) is 0.500. The number of nitriles is 1. The molecule has 0 aromatic heterocycles. The summed E-state index contributed by atoms with van der Waals surface area (Å²) < 4.78 is 0. The number of nitrogens with one attached hydrogen (secondary N) is 1. The van der Waals surface area contributed by atoms with E-state index in [4.69, 9.17) is 5.26 Å². The first kappa shape index (κ1) is 11.0. The third-order valence-electron chi connectivity index (χ3n) is 3.44. The zero-order valence-corrected chi connectivity index (χ0v) is 10.0. The van der Waals surface area contributed by atoms with Crippen LogP contribution in [-0.2, 0) is 0 Å². The molecule has 0 amide bonds. The van der Waals surface area contributed by atoms with Gasteiger partial charge in [-0.2, -0.15) is 5.26 Å². The van der Waals surface area contributed by atoms with Gasteiger partial charge in [0, 0.05) is 5.54 Å². The lowest BCUT2D eigenvalue weighted by molar-refractivity contribution is 0.533. The first-order valence-corrected chi connectivity index (χ1v) is 5.92. The van der Waals surface area contributed by atoms with Crippen molar-refractivity contribution in [3.05, 3.63) is 29.3 Å². The molecule has 1 fully saturated rings. The molecule has 1 aromatic rings. The Morgan fingerprint density at radius 2 is 2.00 bits per heavy atom. The third-order valence-corrected chi connectivity index (χ3v) is 3.44. The van der Waals surface area contributed by atoms with Crippen LogP contribution in [0.25, 0.3) is 0 Å². The summed E-state index contributed by atoms with van der Waals surface area (Å²) in [5.74, 6) is 0. The Bertz CT molecular complexity index is 423. The van der Waals surface area contributed by atoms with E-state index in [1.165, 1.54) is 31.2 Å². The van der Waals surface area contributed by atoms with Gasteiger partial charge < -0.3 is 5.32 Å². The van der Waals surface area contributed by atoms with Crippen molar-refractivity contribution >= 4 is 5.69 Å². The number of anilines is 1. The van der Waals surface area contributed by atoms with E-state index < -0.39 is 0 Å². The Morgan fingerprint density at radius 1 is 1.31 bits per heavy atom. The van der Waals surface area contributed by atoms with Crippen LogP contribution in [-0.4, -0.2) is 5.54 Å². The number of hydrogen-bond donors (Lipinski definition) is 1. The minimum atomic E-state index is 0.180. The average molecular weight is 214 g/mol. The maximum atomic E-state index is 9.08. The highest BCUT2D eigenvalue weighted by Gasteiger charge is 2.28. The molecule has 0 spiro atoms. The molecule has 0 heterocycles. The molecule has 1 N–H and O–H groups in total. The second kappa shape index (κ2) is 4.17. The molecule has 1 aliphatic carbocycles. The quantitative estimate of drug-likeness (QED) is 0.816. The molecule has 0 unspecified atom stereocenters. The number of rotatable bonds is 2. The van der Waals surface area contributed by atoms with Crippen LogP contribution in [0.5, 0.6) is 0 Å². The van der Waals surface area contributed by atoms with Crippen LogP contribution in [0.1, 0.15) is 43.7 Å². The molecule has 84 valence electrons. The molecular formula is C14H18N2. The summed E-state index contributed by atoms with van der Waals surface area (Å²) in [5.41, 5.74) is 3.12. The van der Waals surface area contributed by atoms with E-state index in [0.717, 1.165) is 11.3 Å². The minimum absolute atomic E-state index is 0.180. The van der Waals surface area contributed by atoms with Crippen LogP contribution < -0.4 is 5.32 Å². The predicted molar refractivity (Wildman–Crippen MR) is 66.4 cm³/mol. The SMILES string of the molecule is Cc1ccc(C#N)c(NC2(C)CCCC2)c1. The Hall–Kier alpha value is -1.49. The minimum Gasteiger partial charge on any atom is -0.379 e. The topological polar surface area (TPSA) is 35.8 Å². The van der Waals surface area contributed by atoms with Crippen LogP contribution in [0, 0.1) is 18.3 Å². The van der Waals surface area contributed by atoms with E-state index >= 15 is 0 Å². The van der Waals surface area contributed by atoms with Crippen LogP contribution in [0.3, 0.4) is 0 Å². The van der Waals surface area contributed by atoms with Gasteiger partial charge in [0.2, 0.25) is 0 Å². The summed E-state index contributed by atoms with van der Waals surface area (Å²) in [4.78, 5) is 0. The van der Waals surface area contributed by atoms with Gasteiger partial charge in [-0.1, -0.05) is 18.9 Å². The Morgan fingerprint density at radius 3 is 2.62 bits per heavy atom. The van der Waals surface area contributed by atoms with Gasteiger partial charge in [0.15, 0.2) is 0 Å². The van der Waals surface area contributed by atoms with Crippen LogP contribution >= 0.6 is 0 Å². The third kappa shape index (κ3) is 2.19. The van der Waals surface area contributed by atoms with Crippen molar-refractivity contribution in [3.63, 3.8) is 0 Å². The molecule has 0 radical (unpaired) electrons. The zero-order chi connectivity index (χ0) is 11.6. The maximum Gasteiger partial charge on any atom is 0.101 e.